The maximum atomic E-state index is 12.8. The van der Waals surface area contributed by atoms with Crippen LogP contribution in [0.15, 0.2) is 29.1 Å². The number of H-pyrrole nitrogens is 1. The number of carbonyl (C=O) groups excluding carboxylic acids is 3. The van der Waals surface area contributed by atoms with Gasteiger partial charge in [0.25, 0.3) is 11.5 Å². The number of carbonyl (C=O) groups is 3. The van der Waals surface area contributed by atoms with Crippen LogP contribution in [0.5, 0.6) is 0 Å². The molecule has 1 aromatic carbocycles. The number of ketones is 1. The van der Waals surface area contributed by atoms with Gasteiger partial charge in [-0.2, -0.15) is 0 Å². The molecule has 2 aromatic rings. The van der Waals surface area contributed by atoms with E-state index in [-0.39, 0.29) is 28.6 Å². The van der Waals surface area contributed by atoms with E-state index in [4.69, 9.17) is 0 Å². The van der Waals surface area contributed by atoms with Crippen molar-refractivity contribution in [1.82, 2.24) is 4.98 Å². The summed E-state index contributed by atoms with van der Waals surface area (Å²) in [5, 5.41) is 5.59. The number of aromatic nitrogens is 1. The zero-order chi connectivity index (χ0) is 21.6. The van der Waals surface area contributed by atoms with Gasteiger partial charge in [0, 0.05) is 35.0 Å². The van der Waals surface area contributed by atoms with Crippen molar-refractivity contribution >= 4 is 29.0 Å². The fourth-order valence-electron chi connectivity index (χ4n) is 3.81. The molecule has 0 saturated heterocycles. The number of amides is 2. The fraction of sp³-hybridized carbons (Fsp3) is 0.391. The molecular formula is C23H25N3O4. The molecule has 1 fully saturated rings. The third kappa shape index (κ3) is 4.06. The molecule has 7 nitrogen and oxygen atoms in total. The molecule has 0 unspecified atom stereocenters. The molecule has 1 aromatic heterocycles. The lowest BCUT2D eigenvalue weighted by atomic mass is 9.75. The Morgan fingerprint density at radius 3 is 2.50 bits per heavy atom. The zero-order valence-corrected chi connectivity index (χ0v) is 17.3. The predicted octanol–water partition coefficient (Wildman–Crippen LogP) is 3.44. The maximum Gasteiger partial charge on any atom is 0.261 e. The second-order valence-corrected chi connectivity index (χ2v) is 9.09. The lowest BCUT2D eigenvalue weighted by molar-refractivity contribution is -0.117. The van der Waals surface area contributed by atoms with Crippen molar-refractivity contribution in [2.45, 2.75) is 46.5 Å². The normalized spacial score (nSPS) is 17.2. The highest BCUT2D eigenvalue weighted by Crippen LogP contribution is 2.33. The number of anilines is 2. The summed E-state index contributed by atoms with van der Waals surface area (Å²) in [5.41, 5.74) is 2.02. The largest absolute Gasteiger partial charge is 0.326 e. The Morgan fingerprint density at radius 2 is 1.80 bits per heavy atom. The molecule has 1 saturated carbocycles. The molecule has 4 rings (SSSR count). The van der Waals surface area contributed by atoms with Gasteiger partial charge >= 0.3 is 0 Å². The van der Waals surface area contributed by atoms with Crippen LogP contribution in [0.3, 0.4) is 0 Å². The van der Waals surface area contributed by atoms with Crippen molar-refractivity contribution in [3.63, 3.8) is 0 Å². The van der Waals surface area contributed by atoms with Gasteiger partial charge in [-0.25, -0.2) is 0 Å². The average molecular weight is 407 g/mol. The molecule has 3 N–H and O–H groups in total. The molecule has 0 spiro atoms. The lowest BCUT2D eigenvalue weighted by Crippen LogP contribution is -2.32. The third-order valence-electron chi connectivity index (χ3n) is 5.66. The summed E-state index contributed by atoms with van der Waals surface area (Å²) in [6.45, 7) is 5.78. The van der Waals surface area contributed by atoms with E-state index in [2.05, 4.69) is 15.6 Å². The Hall–Kier alpha value is -3.22. The van der Waals surface area contributed by atoms with Crippen LogP contribution < -0.4 is 16.2 Å². The van der Waals surface area contributed by atoms with Crippen molar-refractivity contribution < 1.29 is 14.4 Å². The lowest BCUT2D eigenvalue weighted by Gasteiger charge is -2.29. The maximum absolute atomic E-state index is 12.8. The highest BCUT2D eigenvalue weighted by Gasteiger charge is 2.33. The summed E-state index contributed by atoms with van der Waals surface area (Å²) in [4.78, 5) is 52.6. The molecule has 156 valence electrons. The summed E-state index contributed by atoms with van der Waals surface area (Å²) in [6.07, 6.45) is 2.75. The van der Waals surface area contributed by atoms with Crippen LogP contribution >= 0.6 is 0 Å². The van der Waals surface area contributed by atoms with Gasteiger partial charge in [0.1, 0.15) is 5.56 Å². The molecule has 0 aliphatic heterocycles. The summed E-state index contributed by atoms with van der Waals surface area (Å²) in [7, 11) is 0. The van der Waals surface area contributed by atoms with E-state index in [9.17, 15) is 19.2 Å². The van der Waals surface area contributed by atoms with Gasteiger partial charge in [-0.1, -0.05) is 19.9 Å². The van der Waals surface area contributed by atoms with Crippen LogP contribution in [0.4, 0.5) is 11.4 Å². The Labute approximate surface area is 174 Å². The Balaban J connectivity index is 1.58. The van der Waals surface area contributed by atoms with Crippen LogP contribution in [0.25, 0.3) is 0 Å². The second kappa shape index (κ2) is 7.23. The topological polar surface area (TPSA) is 108 Å². The Kier molecular flexibility index (Phi) is 4.84. The standard InChI is InChI=1S/C23H25N3O4/c1-12-4-7-14(24-20(28)13-5-6-13)8-17(12)25-21(29)16-9-15-18(26-22(16)30)10-23(2,3)11-19(15)27/h4,7-9,13H,5-6,10-11H2,1-3H3,(H,24,28)(H,25,29)(H,26,30). The zero-order valence-electron chi connectivity index (χ0n) is 17.3. The van der Waals surface area contributed by atoms with Crippen LogP contribution in [-0.2, 0) is 11.2 Å². The highest BCUT2D eigenvalue weighted by molar-refractivity contribution is 6.07. The predicted molar refractivity (Wildman–Crippen MR) is 114 cm³/mol. The molecule has 30 heavy (non-hydrogen) atoms. The van der Waals surface area contributed by atoms with Crippen molar-refractivity contribution in [3.8, 4) is 0 Å². The molecule has 1 heterocycles. The number of nitrogens with one attached hydrogen (secondary N) is 3. The molecule has 2 amide bonds. The molecule has 2 aliphatic carbocycles. The van der Waals surface area contributed by atoms with E-state index in [0.717, 1.165) is 18.4 Å². The number of Topliss-reactive ketones (excluding diaryl/α,β-unsaturated/α-hetero) is 1. The number of hydrogen-bond acceptors (Lipinski definition) is 4. The van der Waals surface area contributed by atoms with E-state index in [1.807, 2.05) is 20.8 Å². The number of aromatic amines is 1. The van der Waals surface area contributed by atoms with Crippen molar-refractivity contribution in [1.29, 1.82) is 0 Å². The molecule has 0 radical (unpaired) electrons. The van der Waals surface area contributed by atoms with Crippen LogP contribution in [0.1, 0.15) is 65.1 Å². The minimum atomic E-state index is -0.592. The first-order valence-corrected chi connectivity index (χ1v) is 10.2. The van der Waals surface area contributed by atoms with Crippen LogP contribution in [0.2, 0.25) is 0 Å². The number of aryl methyl sites for hydroxylation is 1. The smallest absolute Gasteiger partial charge is 0.261 e. The van der Waals surface area contributed by atoms with E-state index in [1.165, 1.54) is 6.07 Å². The molecule has 0 atom stereocenters. The molecule has 7 heteroatoms. The van der Waals surface area contributed by atoms with Gasteiger partial charge in [-0.05, 0) is 55.4 Å². The minimum absolute atomic E-state index is 0.0244. The summed E-state index contributed by atoms with van der Waals surface area (Å²) in [5.74, 6) is -0.623. The third-order valence-corrected chi connectivity index (χ3v) is 5.66. The van der Waals surface area contributed by atoms with Crippen LogP contribution in [-0.4, -0.2) is 22.6 Å². The summed E-state index contributed by atoms with van der Waals surface area (Å²) >= 11 is 0. The summed E-state index contributed by atoms with van der Waals surface area (Å²) < 4.78 is 0. The van der Waals surface area contributed by atoms with Crippen molar-refractivity contribution in [2.24, 2.45) is 11.3 Å². The number of hydrogen-bond donors (Lipinski definition) is 3. The Morgan fingerprint density at radius 1 is 1.07 bits per heavy atom. The van der Waals surface area contributed by atoms with Crippen molar-refractivity contribution in [3.05, 3.63) is 57.0 Å². The quantitative estimate of drug-likeness (QED) is 0.721. The van der Waals surface area contributed by atoms with E-state index in [0.29, 0.717) is 35.5 Å². The van der Waals surface area contributed by atoms with Crippen LogP contribution in [0, 0.1) is 18.3 Å². The van der Waals surface area contributed by atoms with Gasteiger partial charge in [0.2, 0.25) is 5.91 Å². The second-order valence-electron chi connectivity index (χ2n) is 9.09. The van der Waals surface area contributed by atoms with Crippen molar-refractivity contribution in [2.75, 3.05) is 10.6 Å². The number of pyridine rings is 1. The monoisotopic (exact) mass is 407 g/mol. The number of fused-ring (bicyclic) bond motifs is 1. The van der Waals surface area contributed by atoms with Gasteiger partial charge in [-0.15, -0.1) is 0 Å². The Bertz CT molecular complexity index is 1130. The molecule has 2 aliphatic rings. The highest BCUT2D eigenvalue weighted by atomic mass is 16.2. The fourth-order valence-corrected chi connectivity index (χ4v) is 3.81. The van der Waals surface area contributed by atoms with E-state index < -0.39 is 11.5 Å². The summed E-state index contributed by atoms with van der Waals surface area (Å²) in [6, 6.07) is 6.64. The average Bonchev–Trinajstić information content (AvgIpc) is 3.48. The van der Waals surface area contributed by atoms with E-state index in [1.54, 1.807) is 18.2 Å². The molecular weight excluding hydrogens is 382 g/mol. The first-order valence-electron chi connectivity index (χ1n) is 10.2. The van der Waals surface area contributed by atoms with Gasteiger partial charge < -0.3 is 15.6 Å². The van der Waals surface area contributed by atoms with Gasteiger partial charge in [0.15, 0.2) is 5.78 Å². The van der Waals surface area contributed by atoms with Gasteiger partial charge in [-0.3, -0.25) is 19.2 Å². The first-order chi connectivity index (χ1) is 14.1. The molecule has 0 bridgehead atoms. The first kappa shape index (κ1) is 20.1. The minimum Gasteiger partial charge on any atom is -0.326 e. The number of rotatable bonds is 4. The van der Waals surface area contributed by atoms with E-state index >= 15 is 0 Å². The SMILES string of the molecule is Cc1ccc(NC(=O)C2CC2)cc1NC(=O)c1cc2c([nH]c1=O)CC(C)(C)CC2=O. The number of benzene rings is 1. The van der Waals surface area contributed by atoms with Gasteiger partial charge in [0.05, 0.1) is 0 Å².